The first-order valence-corrected chi connectivity index (χ1v) is 22.0. The van der Waals surface area contributed by atoms with Crippen molar-refractivity contribution in [1.82, 2.24) is 25.3 Å². The number of aliphatic hydroxyl groups is 2. The van der Waals surface area contributed by atoms with Gasteiger partial charge in [-0.25, -0.2) is 0 Å². The van der Waals surface area contributed by atoms with Gasteiger partial charge in [0.2, 0.25) is 23.6 Å². The van der Waals surface area contributed by atoms with Crippen molar-refractivity contribution in [2.24, 2.45) is 11.8 Å². The third-order valence-corrected chi connectivity index (χ3v) is 10.4. The fourth-order valence-corrected chi connectivity index (χ4v) is 7.18. The van der Waals surface area contributed by atoms with E-state index in [1.165, 1.54) is 77.0 Å². The monoisotopic (exact) mass is 768 g/mol. The lowest BCUT2D eigenvalue weighted by atomic mass is 10.00. The molecule has 0 saturated heterocycles. The van der Waals surface area contributed by atoms with Crippen molar-refractivity contribution in [2.45, 2.75) is 182 Å². The molecule has 0 bridgehead atoms. The zero-order valence-corrected chi connectivity index (χ0v) is 36.0. The Balaban J connectivity index is 4.83. The van der Waals surface area contributed by atoms with E-state index in [0.717, 1.165) is 38.5 Å². The molecule has 0 heterocycles. The quantitative estimate of drug-likeness (QED) is 0.0521. The average molecular weight is 768 g/mol. The van der Waals surface area contributed by atoms with Crippen LogP contribution in [0.4, 0.5) is 0 Å². The van der Waals surface area contributed by atoms with E-state index in [2.05, 4.69) is 24.5 Å². The van der Waals surface area contributed by atoms with Gasteiger partial charge in [-0.05, 0) is 31.7 Å². The Morgan fingerprint density at radius 3 is 1.06 bits per heavy atom. The molecule has 54 heavy (non-hydrogen) atoms. The molecule has 2 atom stereocenters. The molecule has 0 aromatic rings. The maximum atomic E-state index is 13.4. The number of carbonyl (C=O) groups is 4. The van der Waals surface area contributed by atoms with Crippen LogP contribution >= 0.6 is 0 Å². The van der Waals surface area contributed by atoms with Crippen molar-refractivity contribution < 1.29 is 29.4 Å². The highest BCUT2D eigenvalue weighted by Gasteiger charge is 2.33. The minimum absolute atomic E-state index is 0.0869. The summed E-state index contributed by atoms with van der Waals surface area (Å²) < 4.78 is 0. The molecule has 0 aliphatic rings. The summed E-state index contributed by atoms with van der Waals surface area (Å²) in [6, 6.07) is -1.32. The number of hydrogen-bond acceptors (Lipinski definition) is 7. The molecule has 0 aromatic heterocycles. The first-order chi connectivity index (χ1) is 26.0. The van der Waals surface area contributed by atoms with Crippen LogP contribution in [-0.4, -0.2) is 120 Å². The Labute approximate surface area is 331 Å². The second-order valence-corrected chi connectivity index (χ2v) is 16.0. The minimum atomic E-state index is -0.661. The number of hydrogen-bond donors (Lipinski definition) is 4. The Kier molecular flexibility index (Phi) is 32.6. The molecule has 0 aromatic carbocycles. The Bertz CT molecular complexity index is 891. The first kappa shape index (κ1) is 51.8. The summed E-state index contributed by atoms with van der Waals surface area (Å²) in [7, 11) is 1.91. The molecule has 0 saturated carbocycles. The normalized spacial score (nSPS) is 12.7. The summed E-state index contributed by atoms with van der Waals surface area (Å²) in [6.07, 6.45) is 21.7. The van der Waals surface area contributed by atoms with Crippen LogP contribution < -0.4 is 10.6 Å². The summed E-state index contributed by atoms with van der Waals surface area (Å²) >= 11 is 0. The number of likely N-dealkylation sites (N-methyl/N-ethyl adjacent to an activating group) is 1. The minimum Gasteiger partial charge on any atom is -0.395 e. The summed E-state index contributed by atoms with van der Waals surface area (Å²) in [5, 5.41) is 25.5. The zero-order chi connectivity index (χ0) is 40.6. The summed E-state index contributed by atoms with van der Waals surface area (Å²) in [5.74, 6) is -0.860. The number of rotatable bonds is 36. The predicted molar refractivity (Wildman–Crippen MR) is 222 cm³/mol. The highest BCUT2D eigenvalue weighted by atomic mass is 16.3. The van der Waals surface area contributed by atoms with Crippen LogP contribution in [0.3, 0.4) is 0 Å². The average Bonchev–Trinajstić information content (AvgIpc) is 3.12. The van der Waals surface area contributed by atoms with Crippen LogP contribution in [0.1, 0.15) is 170 Å². The van der Waals surface area contributed by atoms with E-state index in [0.29, 0.717) is 39.0 Å². The number of nitrogens with one attached hydrogen (secondary N) is 2. The molecular weight excluding hydrogens is 683 g/mol. The molecule has 2 unspecified atom stereocenters. The van der Waals surface area contributed by atoms with Crippen molar-refractivity contribution in [3.8, 4) is 0 Å². The smallest absolute Gasteiger partial charge is 0.243 e. The van der Waals surface area contributed by atoms with Gasteiger partial charge < -0.3 is 35.5 Å². The molecule has 11 nitrogen and oxygen atoms in total. The van der Waals surface area contributed by atoms with Crippen LogP contribution in [0.25, 0.3) is 0 Å². The highest BCUT2D eigenvalue weighted by molar-refractivity contribution is 5.88. The van der Waals surface area contributed by atoms with Gasteiger partial charge in [-0.3, -0.25) is 19.2 Å². The van der Waals surface area contributed by atoms with Gasteiger partial charge in [0.05, 0.1) is 13.2 Å². The third kappa shape index (κ3) is 24.3. The Hall–Kier alpha value is -2.24. The maximum absolute atomic E-state index is 13.4. The molecule has 318 valence electrons. The largest absolute Gasteiger partial charge is 0.395 e. The topological polar surface area (TPSA) is 143 Å². The van der Waals surface area contributed by atoms with Crippen LogP contribution in [0.15, 0.2) is 0 Å². The van der Waals surface area contributed by atoms with Crippen LogP contribution in [0, 0.1) is 11.8 Å². The Morgan fingerprint density at radius 2 is 0.778 bits per heavy atom. The molecule has 4 amide bonds. The zero-order valence-electron chi connectivity index (χ0n) is 36.0. The maximum Gasteiger partial charge on any atom is 0.243 e. The van der Waals surface area contributed by atoms with E-state index < -0.39 is 12.1 Å². The molecule has 11 heteroatoms. The van der Waals surface area contributed by atoms with Crippen molar-refractivity contribution in [3.63, 3.8) is 0 Å². The summed E-state index contributed by atoms with van der Waals surface area (Å²) in [5.41, 5.74) is 0. The van der Waals surface area contributed by atoms with E-state index in [4.69, 9.17) is 0 Å². The number of unbranched alkanes of at least 4 members (excludes halogenated alkanes) is 16. The molecule has 0 fully saturated rings. The van der Waals surface area contributed by atoms with E-state index in [-0.39, 0.29) is 61.8 Å². The van der Waals surface area contributed by atoms with E-state index in [9.17, 15) is 29.4 Å². The second-order valence-electron chi connectivity index (χ2n) is 16.0. The molecule has 4 N–H and O–H groups in total. The number of carbonyl (C=O) groups excluding carboxylic acids is 4. The van der Waals surface area contributed by atoms with Crippen molar-refractivity contribution in [1.29, 1.82) is 0 Å². The molecule has 0 aliphatic heterocycles. The van der Waals surface area contributed by atoms with Gasteiger partial charge in [-0.15, -0.1) is 0 Å². The molecule has 0 radical (unpaired) electrons. The van der Waals surface area contributed by atoms with Crippen molar-refractivity contribution in [3.05, 3.63) is 0 Å². The van der Waals surface area contributed by atoms with E-state index in [1.54, 1.807) is 9.80 Å². The summed E-state index contributed by atoms with van der Waals surface area (Å²) in [4.78, 5) is 58.3. The SMILES string of the molecule is CCCCCCCCCCCC(=O)N(CCO)C(C(=O)NCCN(C)CCNC(=O)C(C(C)C)N(CCO)C(=O)CCCCCCCCCCC)C(C)C. The van der Waals surface area contributed by atoms with Gasteiger partial charge in [0.15, 0.2) is 0 Å². The third-order valence-electron chi connectivity index (χ3n) is 10.4. The van der Waals surface area contributed by atoms with E-state index in [1.807, 2.05) is 39.6 Å². The van der Waals surface area contributed by atoms with Gasteiger partial charge in [0.1, 0.15) is 12.1 Å². The van der Waals surface area contributed by atoms with Gasteiger partial charge >= 0.3 is 0 Å². The molecule has 0 rings (SSSR count). The van der Waals surface area contributed by atoms with Crippen molar-refractivity contribution in [2.75, 3.05) is 59.5 Å². The lowest BCUT2D eigenvalue weighted by molar-refractivity contribution is -0.143. The van der Waals surface area contributed by atoms with Gasteiger partial charge in [-0.2, -0.15) is 0 Å². The number of amides is 4. The lowest BCUT2D eigenvalue weighted by Crippen LogP contribution is -2.54. The summed E-state index contributed by atoms with van der Waals surface area (Å²) in [6.45, 7) is 13.8. The number of nitrogens with zero attached hydrogens (tertiary/aromatic N) is 3. The first-order valence-electron chi connectivity index (χ1n) is 22.0. The second kappa shape index (κ2) is 34.0. The van der Waals surface area contributed by atoms with Crippen LogP contribution in [0.2, 0.25) is 0 Å². The fourth-order valence-electron chi connectivity index (χ4n) is 7.18. The van der Waals surface area contributed by atoms with Crippen LogP contribution in [0.5, 0.6) is 0 Å². The van der Waals surface area contributed by atoms with Crippen LogP contribution in [-0.2, 0) is 19.2 Å². The van der Waals surface area contributed by atoms with Gasteiger partial charge in [-0.1, -0.05) is 144 Å². The predicted octanol–water partition coefficient (Wildman–Crippen LogP) is 6.68. The fraction of sp³-hybridized carbons (Fsp3) is 0.907. The molecule has 0 spiro atoms. The standard InChI is InChI=1S/C43H85N5O6/c1-8-10-12-14-16-18-20-22-24-26-38(51)47(32-34-49)40(36(3)4)42(53)44-28-30-46(7)31-29-45-43(54)41(37(5)6)48(33-35-50)39(52)27-25-23-21-19-17-15-13-11-9-2/h36-37,40-41,49-50H,8-35H2,1-7H3,(H,44,53)(H,45,54). The Morgan fingerprint density at radius 1 is 0.481 bits per heavy atom. The lowest BCUT2D eigenvalue weighted by Gasteiger charge is -2.33. The van der Waals surface area contributed by atoms with Crippen molar-refractivity contribution >= 4 is 23.6 Å². The molecular formula is C43H85N5O6. The van der Waals surface area contributed by atoms with E-state index >= 15 is 0 Å². The van der Waals surface area contributed by atoms with Gasteiger partial charge in [0.25, 0.3) is 0 Å². The van der Waals surface area contributed by atoms with Gasteiger partial charge in [0, 0.05) is 52.1 Å². The number of aliphatic hydroxyl groups excluding tert-OH is 2. The molecule has 0 aliphatic carbocycles. The highest BCUT2D eigenvalue weighted by Crippen LogP contribution is 2.18.